The number of nitrogen functional groups attached to an aromatic ring is 1. The van der Waals surface area contributed by atoms with Crippen LogP contribution in [0.15, 0.2) is 18.2 Å². The van der Waals surface area contributed by atoms with E-state index in [9.17, 15) is 10.1 Å². The van der Waals surface area contributed by atoms with Gasteiger partial charge in [-0.3, -0.25) is 10.1 Å². The molecule has 110 valence electrons. The molecule has 0 spiro atoms. The average Bonchev–Trinajstić information content (AvgIpc) is 2.44. The Hall–Kier alpha value is -2.74. The highest BCUT2D eigenvalue weighted by molar-refractivity contribution is 5.55. The lowest BCUT2D eigenvalue weighted by Gasteiger charge is -2.12. The van der Waals surface area contributed by atoms with Crippen LogP contribution in [-0.4, -0.2) is 14.9 Å². The number of nitro groups is 1. The summed E-state index contributed by atoms with van der Waals surface area (Å²) in [6.45, 7) is 5.13. The first kappa shape index (κ1) is 14.7. The van der Waals surface area contributed by atoms with Gasteiger partial charge in [0.15, 0.2) is 0 Å². The number of hydrazine groups is 1. The summed E-state index contributed by atoms with van der Waals surface area (Å²) < 4.78 is 5.67. The number of nitrogens with one attached hydrogen (secondary N) is 1. The van der Waals surface area contributed by atoms with Gasteiger partial charge in [0, 0.05) is 6.07 Å². The minimum Gasteiger partial charge on any atom is -0.431 e. The molecule has 0 unspecified atom stereocenters. The van der Waals surface area contributed by atoms with Crippen molar-refractivity contribution >= 4 is 11.5 Å². The van der Waals surface area contributed by atoms with Gasteiger partial charge in [-0.2, -0.15) is 4.98 Å². The first-order valence-corrected chi connectivity index (χ1v) is 6.17. The van der Waals surface area contributed by atoms with Gasteiger partial charge in [-0.25, -0.2) is 10.8 Å². The standard InChI is InChI=1S/C13H15N5O3/c1-7-5-4-6-10(18(19)20)11(7)21-13-8(2)12(17-14)15-9(3)16-13/h4-6H,14H2,1-3H3,(H,15,16,17). The molecule has 2 aromatic rings. The van der Waals surface area contributed by atoms with Crippen LogP contribution < -0.4 is 16.0 Å². The summed E-state index contributed by atoms with van der Waals surface area (Å²) >= 11 is 0. The first-order chi connectivity index (χ1) is 9.93. The Bertz CT molecular complexity index is 702. The van der Waals surface area contributed by atoms with Crippen molar-refractivity contribution in [1.82, 2.24) is 9.97 Å². The zero-order chi connectivity index (χ0) is 15.6. The maximum Gasteiger partial charge on any atom is 0.311 e. The number of nitrogens with zero attached hydrogens (tertiary/aromatic N) is 3. The van der Waals surface area contributed by atoms with Gasteiger partial charge in [-0.1, -0.05) is 12.1 Å². The van der Waals surface area contributed by atoms with Gasteiger partial charge < -0.3 is 10.2 Å². The Morgan fingerprint density at radius 2 is 2.00 bits per heavy atom. The third kappa shape index (κ3) is 2.90. The van der Waals surface area contributed by atoms with Crippen molar-refractivity contribution in [2.75, 3.05) is 5.43 Å². The van der Waals surface area contributed by atoms with Crippen molar-refractivity contribution in [3.05, 3.63) is 45.3 Å². The number of hydrogen-bond acceptors (Lipinski definition) is 7. The fourth-order valence-electron chi connectivity index (χ4n) is 1.85. The van der Waals surface area contributed by atoms with Crippen LogP contribution in [0.25, 0.3) is 0 Å². The van der Waals surface area contributed by atoms with E-state index in [1.165, 1.54) is 6.07 Å². The lowest BCUT2D eigenvalue weighted by atomic mass is 10.2. The smallest absolute Gasteiger partial charge is 0.311 e. The van der Waals surface area contributed by atoms with E-state index in [1.54, 1.807) is 32.9 Å². The molecule has 8 heteroatoms. The molecule has 21 heavy (non-hydrogen) atoms. The van der Waals surface area contributed by atoms with Gasteiger partial charge in [-0.15, -0.1) is 0 Å². The molecule has 2 rings (SSSR count). The van der Waals surface area contributed by atoms with Crippen LogP contribution in [0.4, 0.5) is 11.5 Å². The van der Waals surface area contributed by atoms with E-state index in [4.69, 9.17) is 10.6 Å². The van der Waals surface area contributed by atoms with E-state index < -0.39 is 4.92 Å². The summed E-state index contributed by atoms with van der Waals surface area (Å²) in [5, 5.41) is 11.1. The Balaban J connectivity index is 2.53. The third-order valence-electron chi connectivity index (χ3n) is 2.94. The van der Waals surface area contributed by atoms with Crippen molar-refractivity contribution in [3.8, 4) is 11.6 Å². The molecule has 0 radical (unpaired) electrons. The van der Waals surface area contributed by atoms with Crippen molar-refractivity contribution in [1.29, 1.82) is 0 Å². The van der Waals surface area contributed by atoms with Crippen LogP contribution >= 0.6 is 0 Å². The Labute approximate surface area is 121 Å². The highest BCUT2D eigenvalue weighted by atomic mass is 16.6. The van der Waals surface area contributed by atoms with Crippen molar-refractivity contribution in [2.45, 2.75) is 20.8 Å². The topological polar surface area (TPSA) is 116 Å². The Morgan fingerprint density at radius 1 is 1.29 bits per heavy atom. The lowest BCUT2D eigenvalue weighted by Crippen LogP contribution is -2.12. The molecule has 0 saturated heterocycles. The third-order valence-corrected chi connectivity index (χ3v) is 2.94. The Morgan fingerprint density at radius 3 is 2.62 bits per heavy atom. The number of benzene rings is 1. The van der Waals surface area contributed by atoms with Gasteiger partial charge in [-0.05, 0) is 26.3 Å². The van der Waals surface area contributed by atoms with Crippen LogP contribution in [0.5, 0.6) is 11.6 Å². The van der Waals surface area contributed by atoms with Gasteiger partial charge in [0.2, 0.25) is 11.6 Å². The summed E-state index contributed by atoms with van der Waals surface area (Å²) in [6, 6.07) is 4.72. The quantitative estimate of drug-likeness (QED) is 0.504. The number of para-hydroxylation sites is 1. The van der Waals surface area contributed by atoms with Crippen molar-refractivity contribution in [3.63, 3.8) is 0 Å². The van der Waals surface area contributed by atoms with Crippen molar-refractivity contribution < 1.29 is 9.66 Å². The van der Waals surface area contributed by atoms with Crippen LogP contribution in [0.1, 0.15) is 17.0 Å². The zero-order valence-electron chi connectivity index (χ0n) is 11.9. The van der Waals surface area contributed by atoms with E-state index in [0.29, 0.717) is 22.8 Å². The number of ether oxygens (including phenoxy) is 1. The van der Waals surface area contributed by atoms with Gasteiger partial charge >= 0.3 is 5.69 Å². The van der Waals surface area contributed by atoms with Gasteiger partial charge in [0.05, 0.1) is 10.5 Å². The predicted molar refractivity (Wildman–Crippen MR) is 77.2 cm³/mol. The fraction of sp³-hybridized carbons (Fsp3) is 0.231. The van der Waals surface area contributed by atoms with E-state index in [-0.39, 0.29) is 17.3 Å². The number of aryl methyl sites for hydroxylation is 2. The second-order valence-corrected chi connectivity index (χ2v) is 4.48. The number of anilines is 1. The second-order valence-electron chi connectivity index (χ2n) is 4.48. The SMILES string of the molecule is Cc1nc(NN)c(C)c(Oc2c(C)cccc2[N+](=O)[O-])n1. The summed E-state index contributed by atoms with van der Waals surface area (Å²) in [7, 11) is 0. The molecule has 1 aromatic carbocycles. The molecule has 0 bridgehead atoms. The molecule has 3 N–H and O–H groups in total. The van der Waals surface area contributed by atoms with Crippen LogP contribution in [0, 0.1) is 30.9 Å². The maximum absolute atomic E-state index is 11.1. The summed E-state index contributed by atoms with van der Waals surface area (Å²) in [5.74, 6) is 6.63. The van der Waals surface area contributed by atoms with Gasteiger partial charge in [0.25, 0.3) is 0 Å². The molecule has 1 aromatic heterocycles. The molecule has 8 nitrogen and oxygen atoms in total. The highest BCUT2D eigenvalue weighted by Gasteiger charge is 2.20. The largest absolute Gasteiger partial charge is 0.431 e. The highest BCUT2D eigenvalue weighted by Crippen LogP contribution is 2.35. The monoisotopic (exact) mass is 289 g/mol. The predicted octanol–water partition coefficient (Wildman–Crippen LogP) is 2.39. The minimum absolute atomic E-state index is 0.118. The minimum atomic E-state index is -0.492. The number of aromatic nitrogens is 2. The maximum atomic E-state index is 11.1. The van der Waals surface area contributed by atoms with Crippen LogP contribution in [0.3, 0.4) is 0 Å². The van der Waals surface area contributed by atoms with E-state index in [1.807, 2.05) is 0 Å². The Kier molecular flexibility index (Phi) is 3.99. The summed E-state index contributed by atoms with van der Waals surface area (Å²) in [6.07, 6.45) is 0. The second kappa shape index (κ2) is 5.71. The van der Waals surface area contributed by atoms with Crippen molar-refractivity contribution in [2.24, 2.45) is 5.84 Å². The normalized spacial score (nSPS) is 10.3. The van der Waals surface area contributed by atoms with Gasteiger partial charge in [0.1, 0.15) is 11.6 Å². The number of nitro benzene ring substituents is 1. The van der Waals surface area contributed by atoms with E-state index in [0.717, 1.165) is 0 Å². The molecule has 0 fully saturated rings. The molecule has 1 heterocycles. The molecular weight excluding hydrogens is 274 g/mol. The number of rotatable bonds is 4. The molecule has 0 aliphatic carbocycles. The first-order valence-electron chi connectivity index (χ1n) is 6.17. The molecular formula is C13H15N5O3. The van der Waals surface area contributed by atoms with E-state index >= 15 is 0 Å². The number of nitrogens with two attached hydrogens (primary N) is 1. The molecule has 0 aliphatic heterocycles. The lowest BCUT2D eigenvalue weighted by molar-refractivity contribution is -0.385. The number of hydrogen-bond donors (Lipinski definition) is 2. The van der Waals surface area contributed by atoms with E-state index in [2.05, 4.69) is 15.4 Å². The molecule has 0 aliphatic rings. The van der Waals surface area contributed by atoms with Crippen LogP contribution in [-0.2, 0) is 0 Å². The fourth-order valence-corrected chi connectivity index (χ4v) is 1.85. The zero-order valence-corrected chi connectivity index (χ0v) is 11.9. The molecule has 0 saturated carbocycles. The summed E-state index contributed by atoms with van der Waals surface area (Å²) in [4.78, 5) is 18.9. The molecule has 0 atom stereocenters. The summed E-state index contributed by atoms with van der Waals surface area (Å²) in [5.41, 5.74) is 3.54. The van der Waals surface area contributed by atoms with Crippen LogP contribution in [0.2, 0.25) is 0 Å². The molecule has 0 amide bonds. The average molecular weight is 289 g/mol.